The molecule has 0 fully saturated rings. The molecule has 5 aromatic rings. The summed E-state index contributed by atoms with van der Waals surface area (Å²) in [5, 5.41) is 17.8. The van der Waals surface area contributed by atoms with Gasteiger partial charge in [-0.2, -0.15) is 15.5 Å². The third kappa shape index (κ3) is 4.66. The van der Waals surface area contributed by atoms with Crippen LogP contribution in [-0.2, 0) is 6.54 Å². The minimum absolute atomic E-state index is 0.254. The van der Waals surface area contributed by atoms with Gasteiger partial charge in [0.1, 0.15) is 11.9 Å². The highest BCUT2D eigenvalue weighted by molar-refractivity contribution is 6.07. The van der Waals surface area contributed by atoms with Crippen LogP contribution in [0.2, 0.25) is 0 Å². The minimum Gasteiger partial charge on any atom is -0.366 e. The van der Waals surface area contributed by atoms with Crippen molar-refractivity contribution in [3.8, 4) is 17.2 Å². The molecule has 0 aliphatic carbocycles. The van der Waals surface area contributed by atoms with Crippen molar-refractivity contribution in [1.82, 2.24) is 24.4 Å². The molecule has 10 heteroatoms. The number of nitrogens with zero attached hydrogens (tertiary/aromatic N) is 7. The third-order valence-corrected chi connectivity index (χ3v) is 6.04. The number of hydrogen-bond donors (Lipinski definition) is 1. The topological polar surface area (TPSA) is 135 Å². The van der Waals surface area contributed by atoms with Gasteiger partial charge in [-0.05, 0) is 55.0 Å². The molecule has 37 heavy (non-hydrogen) atoms. The molecule has 1 unspecified atom stereocenters. The van der Waals surface area contributed by atoms with Crippen LogP contribution in [0.15, 0.2) is 85.6 Å². The molecule has 0 bridgehead atoms. The van der Waals surface area contributed by atoms with E-state index >= 15 is 0 Å². The number of primary amides is 1. The molecule has 2 N–H and O–H groups in total. The zero-order valence-electron chi connectivity index (χ0n) is 19.9. The molecule has 0 radical (unpaired) electrons. The number of anilines is 1. The van der Waals surface area contributed by atoms with Crippen LogP contribution in [0.4, 0.5) is 5.82 Å². The SMILES string of the molecule is CC(Cn1cccn1)N(C(=O)c1ccn2ncc(-c3ccc(C(N)=O)cc3)c2c1)c1ccc(C#N)cn1. The van der Waals surface area contributed by atoms with E-state index in [0.29, 0.717) is 29.1 Å². The first-order valence-corrected chi connectivity index (χ1v) is 11.5. The predicted octanol–water partition coefficient (Wildman–Crippen LogP) is 3.30. The van der Waals surface area contributed by atoms with Gasteiger partial charge < -0.3 is 5.73 Å². The van der Waals surface area contributed by atoms with Gasteiger partial charge in [-0.25, -0.2) is 9.50 Å². The van der Waals surface area contributed by atoms with Crippen LogP contribution in [0.3, 0.4) is 0 Å². The highest BCUT2D eigenvalue weighted by Crippen LogP contribution is 2.27. The van der Waals surface area contributed by atoms with E-state index in [-0.39, 0.29) is 11.9 Å². The van der Waals surface area contributed by atoms with E-state index in [0.717, 1.165) is 16.6 Å². The molecule has 10 nitrogen and oxygen atoms in total. The van der Waals surface area contributed by atoms with Gasteiger partial charge in [0.05, 0.1) is 29.9 Å². The van der Waals surface area contributed by atoms with Crippen molar-refractivity contribution in [3.05, 3.63) is 102 Å². The Morgan fingerprint density at radius 3 is 2.51 bits per heavy atom. The summed E-state index contributed by atoms with van der Waals surface area (Å²) in [5.74, 6) is -0.324. The summed E-state index contributed by atoms with van der Waals surface area (Å²) in [6.07, 6.45) is 8.41. The molecule has 4 aromatic heterocycles. The van der Waals surface area contributed by atoms with Crippen LogP contribution < -0.4 is 10.6 Å². The lowest BCUT2D eigenvalue weighted by Crippen LogP contribution is -2.42. The fraction of sp³-hybridized carbons (Fsp3) is 0.111. The third-order valence-electron chi connectivity index (χ3n) is 6.04. The summed E-state index contributed by atoms with van der Waals surface area (Å²) in [4.78, 5) is 31.3. The molecule has 0 aliphatic heterocycles. The number of nitriles is 1. The summed E-state index contributed by atoms with van der Waals surface area (Å²) in [5.41, 5.74) is 8.99. The number of amides is 2. The van der Waals surface area contributed by atoms with Crippen molar-refractivity contribution in [2.45, 2.75) is 19.5 Å². The lowest BCUT2D eigenvalue weighted by molar-refractivity contribution is 0.0972. The number of pyridine rings is 2. The second-order valence-electron chi connectivity index (χ2n) is 8.51. The predicted molar refractivity (Wildman–Crippen MR) is 137 cm³/mol. The highest BCUT2D eigenvalue weighted by atomic mass is 16.2. The maximum absolute atomic E-state index is 13.9. The first kappa shape index (κ1) is 23.4. The number of benzene rings is 1. The molecule has 2 amide bonds. The van der Waals surface area contributed by atoms with Gasteiger partial charge in [-0.3, -0.25) is 19.2 Å². The van der Waals surface area contributed by atoms with Gasteiger partial charge in [0.2, 0.25) is 5.91 Å². The van der Waals surface area contributed by atoms with Crippen LogP contribution in [0.1, 0.15) is 33.2 Å². The smallest absolute Gasteiger partial charge is 0.259 e. The number of hydrogen-bond acceptors (Lipinski definition) is 6. The van der Waals surface area contributed by atoms with Gasteiger partial charge in [0, 0.05) is 41.5 Å². The van der Waals surface area contributed by atoms with Crippen LogP contribution >= 0.6 is 0 Å². The Hall–Kier alpha value is -5.30. The second kappa shape index (κ2) is 9.75. The Morgan fingerprint density at radius 1 is 1.05 bits per heavy atom. The molecule has 5 rings (SSSR count). The first-order valence-electron chi connectivity index (χ1n) is 11.5. The Kier molecular flexibility index (Phi) is 6.18. The first-order chi connectivity index (χ1) is 17.9. The number of carbonyl (C=O) groups is 2. The average molecular weight is 491 g/mol. The zero-order valence-corrected chi connectivity index (χ0v) is 19.9. The Labute approximate surface area is 212 Å². The molecular weight excluding hydrogens is 468 g/mol. The lowest BCUT2D eigenvalue weighted by Gasteiger charge is -2.28. The number of fused-ring (bicyclic) bond motifs is 1. The fourth-order valence-electron chi connectivity index (χ4n) is 4.17. The van der Waals surface area contributed by atoms with Crippen LogP contribution in [0, 0.1) is 11.3 Å². The number of nitrogens with two attached hydrogens (primary N) is 1. The van der Waals surface area contributed by atoms with Crippen molar-refractivity contribution in [1.29, 1.82) is 5.26 Å². The average Bonchev–Trinajstić information content (AvgIpc) is 3.58. The largest absolute Gasteiger partial charge is 0.366 e. The van der Waals surface area contributed by atoms with E-state index in [9.17, 15) is 9.59 Å². The van der Waals surface area contributed by atoms with Crippen LogP contribution in [0.25, 0.3) is 16.6 Å². The molecule has 182 valence electrons. The molecule has 1 atom stereocenters. The zero-order chi connectivity index (χ0) is 25.9. The summed E-state index contributed by atoms with van der Waals surface area (Å²) in [7, 11) is 0. The maximum atomic E-state index is 13.9. The molecule has 0 saturated carbocycles. The van der Waals surface area contributed by atoms with E-state index in [1.54, 1.807) is 81.2 Å². The molecule has 0 aliphatic rings. The van der Waals surface area contributed by atoms with E-state index in [2.05, 4.69) is 21.3 Å². The number of aromatic nitrogens is 5. The molecule has 0 spiro atoms. The van der Waals surface area contributed by atoms with E-state index < -0.39 is 5.91 Å². The maximum Gasteiger partial charge on any atom is 0.259 e. The fourth-order valence-corrected chi connectivity index (χ4v) is 4.17. The van der Waals surface area contributed by atoms with Crippen molar-refractivity contribution >= 4 is 23.1 Å². The van der Waals surface area contributed by atoms with Gasteiger partial charge in [0.25, 0.3) is 5.91 Å². The van der Waals surface area contributed by atoms with Crippen molar-refractivity contribution in [3.63, 3.8) is 0 Å². The monoisotopic (exact) mass is 490 g/mol. The molecule has 1 aromatic carbocycles. The quantitative estimate of drug-likeness (QED) is 0.372. The summed E-state index contributed by atoms with van der Waals surface area (Å²) in [6, 6.07) is 17.3. The highest BCUT2D eigenvalue weighted by Gasteiger charge is 2.26. The molecular formula is C27H22N8O2. The molecule has 0 saturated heterocycles. The van der Waals surface area contributed by atoms with Gasteiger partial charge in [-0.15, -0.1) is 0 Å². The molecule has 4 heterocycles. The van der Waals surface area contributed by atoms with Gasteiger partial charge in [-0.1, -0.05) is 12.1 Å². The van der Waals surface area contributed by atoms with Crippen molar-refractivity contribution in [2.75, 3.05) is 4.90 Å². The van der Waals surface area contributed by atoms with Gasteiger partial charge in [0.15, 0.2) is 0 Å². The van der Waals surface area contributed by atoms with Gasteiger partial charge >= 0.3 is 0 Å². The normalized spacial score (nSPS) is 11.7. The number of rotatable bonds is 7. The lowest BCUT2D eigenvalue weighted by atomic mass is 10.0. The second-order valence-corrected chi connectivity index (χ2v) is 8.51. The number of carbonyl (C=O) groups excluding carboxylic acids is 2. The summed E-state index contributed by atoms with van der Waals surface area (Å²) in [6.45, 7) is 2.37. The van der Waals surface area contributed by atoms with Crippen LogP contribution in [0.5, 0.6) is 0 Å². The van der Waals surface area contributed by atoms with E-state index in [1.165, 1.54) is 6.20 Å². The Balaban J connectivity index is 1.53. The standard InChI is InChI=1S/C27H22N8O2/c1-18(17-33-11-2-10-31-33)35(25-8-3-19(14-28)15-30-25)27(37)22-9-12-34-24(13-22)23(16-32-34)20-4-6-21(7-5-20)26(29)36/h2-13,15-16,18H,17H2,1H3,(H2,29,36). The Bertz CT molecular complexity index is 1610. The summed E-state index contributed by atoms with van der Waals surface area (Å²) < 4.78 is 3.44. The summed E-state index contributed by atoms with van der Waals surface area (Å²) >= 11 is 0. The van der Waals surface area contributed by atoms with Crippen molar-refractivity contribution in [2.24, 2.45) is 5.73 Å². The van der Waals surface area contributed by atoms with E-state index in [4.69, 9.17) is 11.0 Å². The van der Waals surface area contributed by atoms with E-state index in [1.807, 2.05) is 19.2 Å². The Morgan fingerprint density at radius 2 is 1.86 bits per heavy atom. The minimum atomic E-state index is -0.500. The van der Waals surface area contributed by atoms with Crippen molar-refractivity contribution < 1.29 is 9.59 Å². The van der Waals surface area contributed by atoms with Crippen LogP contribution in [-0.4, -0.2) is 42.2 Å².